The minimum atomic E-state index is 0.124. The third-order valence-corrected chi connectivity index (χ3v) is 3.38. The molecule has 3 rings (SSSR count). The van der Waals surface area contributed by atoms with Gasteiger partial charge >= 0.3 is 0 Å². The molecule has 1 heterocycles. The highest BCUT2D eigenvalue weighted by Crippen LogP contribution is 2.41. The lowest BCUT2D eigenvalue weighted by Gasteiger charge is -2.34. The molecule has 78 valence electrons. The van der Waals surface area contributed by atoms with Gasteiger partial charge in [0.1, 0.15) is 0 Å². The van der Waals surface area contributed by atoms with Gasteiger partial charge in [0.25, 0.3) is 0 Å². The van der Waals surface area contributed by atoms with Gasteiger partial charge in [0, 0.05) is 18.2 Å². The van der Waals surface area contributed by atoms with Crippen molar-refractivity contribution >= 4 is 11.6 Å². The van der Waals surface area contributed by atoms with Crippen LogP contribution in [-0.2, 0) is 11.2 Å². The summed E-state index contributed by atoms with van der Waals surface area (Å²) < 4.78 is 0. The normalized spacial score (nSPS) is 28.2. The first-order valence-corrected chi connectivity index (χ1v) is 5.41. The molecule has 1 aliphatic heterocycles. The molecule has 0 bridgehead atoms. The van der Waals surface area contributed by atoms with E-state index in [-0.39, 0.29) is 11.9 Å². The van der Waals surface area contributed by atoms with Crippen LogP contribution >= 0.6 is 0 Å². The number of hydrogen-bond donors (Lipinski definition) is 2. The lowest BCUT2D eigenvalue weighted by Crippen LogP contribution is -2.35. The van der Waals surface area contributed by atoms with E-state index in [9.17, 15) is 4.79 Å². The van der Waals surface area contributed by atoms with E-state index in [1.807, 2.05) is 12.1 Å². The second-order valence-corrected chi connectivity index (χ2v) is 4.53. The van der Waals surface area contributed by atoms with Crippen LogP contribution in [-0.4, -0.2) is 11.9 Å². The zero-order chi connectivity index (χ0) is 10.4. The van der Waals surface area contributed by atoms with Crippen LogP contribution in [0, 0.1) is 0 Å². The van der Waals surface area contributed by atoms with Crippen molar-refractivity contribution in [2.24, 2.45) is 5.73 Å². The van der Waals surface area contributed by atoms with Crippen molar-refractivity contribution < 1.29 is 4.79 Å². The molecule has 0 saturated carbocycles. The molecular weight excluding hydrogens is 188 g/mol. The molecule has 1 amide bonds. The van der Waals surface area contributed by atoms with E-state index in [0.29, 0.717) is 12.3 Å². The van der Waals surface area contributed by atoms with Gasteiger partial charge in [-0.05, 0) is 36.0 Å². The lowest BCUT2D eigenvalue weighted by atomic mass is 9.76. The first-order chi connectivity index (χ1) is 7.24. The van der Waals surface area contributed by atoms with Crippen molar-refractivity contribution in [2.45, 2.75) is 31.2 Å². The summed E-state index contributed by atoms with van der Waals surface area (Å²) in [6.45, 7) is 0. The van der Waals surface area contributed by atoms with Gasteiger partial charge in [0.2, 0.25) is 5.91 Å². The van der Waals surface area contributed by atoms with Crippen LogP contribution in [0.3, 0.4) is 0 Å². The minimum Gasteiger partial charge on any atom is -0.327 e. The van der Waals surface area contributed by atoms with E-state index in [1.54, 1.807) is 0 Å². The summed E-state index contributed by atoms with van der Waals surface area (Å²) in [5.74, 6) is 0.465. The highest BCUT2D eigenvalue weighted by Gasteiger charge is 2.32. The zero-order valence-electron chi connectivity index (χ0n) is 8.49. The molecule has 3 nitrogen and oxygen atoms in total. The van der Waals surface area contributed by atoms with Crippen LogP contribution in [0.15, 0.2) is 18.2 Å². The lowest BCUT2D eigenvalue weighted by molar-refractivity contribution is -0.116. The molecule has 2 aliphatic rings. The number of nitrogens with one attached hydrogen (secondary N) is 1. The topological polar surface area (TPSA) is 55.1 Å². The zero-order valence-corrected chi connectivity index (χ0v) is 8.49. The van der Waals surface area contributed by atoms with Gasteiger partial charge in [-0.25, -0.2) is 0 Å². The molecule has 0 saturated heterocycles. The van der Waals surface area contributed by atoms with E-state index >= 15 is 0 Å². The molecule has 3 heteroatoms. The fourth-order valence-corrected chi connectivity index (χ4v) is 2.84. The third kappa shape index (κ3) is 1.35. The molecule has 1 aliphatic carbocycles. The summed E-state index contributed by atoms with van der Waals surface area (Å²) in [5.41, 5.74) is 9.65. The fourth-order valence-electron chi connectivity index (χ4n) is 2.84. The Labute approximate surface area is 88.7 Å². The summed E-state index contributed by atoms with van der Waals surface area (Å²) in [6, 6.07) is 6.32. The number of rotatable bonds is 0. The van der Waals surface area contributed by atoms with Crippen molar-refractivity contribution in [2.75, 3.05) is 5.32 Å². The monoisotopic (exact) mass is 202 g/mol. The predicted octanol–water partition coefficient (Wildman–Crippen LogP) is 1.39. The molecule has 2 atom stereocenters. The number of anilines is 1. The Morgan fingerprint density at radius 3 is 3.07 bits per heavy atom. The van der Waals surface area contributed by atoms with Gasteiger partial charge in [-0.1, -0.05) is 12.1 Å². The maximum atomic E-state index is 11.5. The number of carbonyl (C=O) groups excluding carboxylic acids is 1. The SMILES string of the molecule is NC1Cc2cccc3c2C(CC(=O)N3)C1. The quantitative estimate of drug-likeness (QED) is 0.668. The Kier molecular flexibility index (Phi) is 1.83. The largest absolute Gasteiger partial charge is 0.327 e. The smallest absolute Gasteiger partial charge is 0.224 e. The first kappa shape index (κ1) is 8.92. The van der Waals surface area contributed by atoms with Crippen LogP contribution in [0.25, 0.3) is 0 Å². The van der Waals surface area contributed by atoms with E-state index in [1.165, 1.54) is 11.1 Å². The molecule has 2 unspecified atom stereocenters. The number of nitrogens with two attached hydrogens (primary N) is 1. The predicted molar refractivity (Wildman–Crippen MR) is 58.7 cm³/mol. The van der Waals surface area contributed by atoms with Gasteiger partial charge < -0.3 is 11.1 Å². The van der Waals surface area contributed by atoms with Gasteiger partial charge in [-0.15, -0.1) is 0 Å². The van der Waals surface area contributed by atoms with E-state index < -0.39 is 0 Å². The Morgan fingerprint density at radius 1 is 1.33 bits per heavy atom. The maximum absolute atomic E-state index is 11.5. The number of carbonyl (C=O) groups is 1. The highest BCUT2D eigenvalue weighted by atomic mass is 16.1. The molecule has 0 radical (unpaired) electrons. The maximum Gasteiger partial charge on any atom is 0.224 e. The molecule has 1 aromatic carbocycles. The van der Waals surface area contributed by atoms with Crippen molar-refractivity contribution in [3.05, 3.63) is 29.3 Å². The Balaban J connectivity index is 2.15. The summed E-state index contributed by atoms with van der Waals surface area (Å²) >= 11 is 0. The Hall–Kier alpha value is -1.35. The average molecular weight is 202 g/mol. The van der Waals surface area contributed by atoms with E-state index in [2.05, 4.69) is 11.4 Å². The van der Waals surface area contributed by atoms with Crippen molar-refractivity contribution in [3.63, 3.8) is 0 Å². The fraction of sp³-hybridized carbons (Fsp3) is 0.417. The van der Waals surface area contributed by atoms with Crippen LogP contribution in [0.4, 0.5) is 5.69 Å². The van der Waals surface area contributed by atoms with Crippen LogP contribution in [0.1, 0.15) is 29.9 Å². The second-order valence-electron chi connectivity index (χ2n) is 4.53. The van der Waals surface area contributed by atoms with Crippen molar-refractivity contribution in [1.29, 1.82) is 0 Å². The van der Waals surface area contributed by atoms with Crippen molar-refractivity contribution in [1.82, 2.24) is 0 Å². The van der Waals surface area contributed by atoms with Crippen LogP contribution in [0.2, 0.25) is 0 Å². The first-order valence-electron chi connectivity index (χ1n) is 5.41. The number of amides is 1. The summed E-state index contributed by atoms with van der Waals surface area (Å²) in [4.78, 5) is 11.5. The van der Waals surface area contributed by atoms with Crippen LogP contribution < -0.4 is 11.1 Å². The number of hydrogen-bond acceptors (Lipinski definition) is 2. The highest BCUT2D eigenvalue weighted by molar-refractivity contribution is 5.95. The van der Waals surface area contributed by atoms with Gasteiger partial charge in [-0.2, -0.15) is 0 Å². The molecular formula is C12H14N2O. The minimum absolute atomic E-state index is 0.124. The average Bonchev–Trinajstić information content (AvgIpc) is 2.16. The number of benzene rings is 1. The van der Waals surface area contributed by atoms with E-state index in [0.717, 1.165) is 18.5 Å². The molecule has 0 spiro atoms. The molecule has 15 heavy (non-hydrogen) atoms. The third-order valence-electron chi connectivity index (χ3n) is 3.38. The van der Waals surface area contributed by atoms with Gasteiger partial charge in [0.05, 0.1) is 0 Å². The Bertz CT molecular complexity index is 428. The van der Waals surface area contributed by atoms with E-state index in [4.69, 9.17) is 5.73 Å². The molecule has 1 aromatic rings. The summed E-state index contributed by atoms with van der Waals surface area (Å²) in [6.07, 6.45) is 2.48. The van der Waals surface area contributed by atoms with Crippen LogP contribution in [0.5, 0.6) is 0 Å². The standard InChI is InChI=1S/C12H14N2O/c13-9-4-7-2-1-3-10-12(7)8(5-9)6-11(15)14-10/h1-3,8-9H,4-6,13H2,(H,14,15). The summed E-state index contributed by atoms with van der Waals surface area (Å²) in [5, 5.41) is 2.93. The summed E-state index contributed by atoms with van der Waals surface area (Å²) in [7, 11) is 0. The van der Waals surface area contributed by atoms with Crippen molar-refractivity contribution in [3.8, 4) is 0 Å². The molecule has 0 aromatic heterocycles. The van der Waals surface area contributed by atoms with Gasteiger partial charge in [-0.3, -0.25) is 4.79 Å². The molecule has 3 N–H and O–H groups in total. The molecule has 0 fully saturated rings. The second kappa shape index (κ2) is 3.07. The van der Waals surface area contributed by atoms with Gasteiger partial charge in [0.15, 0.2) is 0 Å². The Morgan fingerprint density at radius 2 is 2.20 bits per heavy atom.